The van der Waals surface area contributed by atoms with Crippen LogP contribution in [0.5, 0.6) is 0 Å². The molecule has 2 aromatic carbocycles. The molecular formula is C18H19N3O6S2. The number of nitro groups is 1. The molecule has 1 heterocycles. The molecule has 3 rings (SSSR count). The molecule has 0 atom stereocenters. The van der Waals surface area contributed by atoms with Gasteiger partial charge >= 0.3 is 0 Å². The standard InChI is InChI=1S/C18H19N3O6S2/c22-18(13-28-16-6-4-15(5-7-16)21(23)24)19-14-2-1-3-17(12-14)29(25,26)20-8-10-27-11-9-20/h1-7,12H,8-11,13H2,(H,19,22). The van der Waals surface area contributed by atoms with Gasteiger partial charge in [-0.2, -0.15) is 4.31 Å². The summed E-state index contributed by atoms with van der Waals surface area (Å²) in [5, 5.41) is 13.3. The average molecular weight is 437 g/mol. The maximum absolute atomic E-state index is 12.7. The summed E-state index contributed by atoms with van der Waals surface area (Å²) in [6.45, 7) is 1.31. The van der Waals surface area contributed by atoms with Crippen LogP contribution in [0.2, 0.25) is 0 Å². The Morgan fingerprint density at radius 3 is 2.52 bits per heavy atom. The first-order chi connectivity index (χ1) is 13.9. The van der Waals surface area contributed by atoms with Crippen molar-refractivity contribution in [3.63, 3.8) is 0 Å². The van der Waals surface area contributed by atoms with Crippen molar-refractivity contribution in [3.05, 3.63) is 58.6 Å². The van der Waals surface area contributed by atoms with E-state index in [9.17, 15) is 23.3 Å². The molecule has 0 saturated carbocycles. The van der Waals surface area contributed by atoms with Crippen molar-refractivity contribution < 1.29 is 22.9 Å². The Balaban J connectivity index is 1.60. The van der Waals surface area contributed by atoms with Crippen LogP contribution in [0.4, 0.5) is 11.4 Å². The molecule has 1 N–H and O–H groups in total. The van der Waals surface area contributed by atoms with E-state index in [2.05, 4.69) is 5.32 Å². The highest BCUT2D eigenvalue weighted by molar-refractivity contribution is 8.00. The molecule has 0 aliphatic carbocycles. The number of anilines is 1. The first-order valence-corrected chi connectivity index (χ1v) is 11.1. The van der Waals surface area contributed by atoms with Gasteiger partial charge in [0, 0.05) is 35.8 Å². The number of thioether (sulfide) groups is 1. The molecule has 1 amide bonds. The van der Waals surface area contributed by atoms with Gasteiger partial charge in [-0.25, -0.2) is 8.42 Å². The third-order valence-electron chi connectivity index (χ3n) is 4.14. The monoisotopic (exact) mass is 437 g/mol. The number of nitrogens with zero attached hydrogens (tertiary/aromatic N) is 2. The predicted octanol–water partition coefficient (Wildman–Crippen LogP) is 2.35. The van der Waals surface area contributed by atoms with Crippen molar-refractivity contribution in [2.45, 2.75) is 9.79 Å². The van der Waals surface area contributed by atoms with Crippen LogP contribution in [0.3, 0.4) is 0 Å². The van der Waals surface area contributed by atoms with Crippen molar-refractivity contribution in [1.29, 1.82) is 0 Å². The molecular weight excluding hydrogens is 418 g/mol. The van der Waals surface area contributed by atoms with Crippen LogP contribution in [-0.2, 0) is 19.6 Å². The third-order valence-corrected chi connectivity index (χ3v) is 7.05. The SMILES string of the molecule is O=C(CSc1ccc([N+](=O)[O-])cc1)Nc1cccc(S(=O)(=O)N2CCOCC2)c1. The van der Waals surface area contributed by atoms with Crippen molar-refractivity contribution in [2.75, 3.05) is 37.4 Å². The van der Waals surface area contributed by atoms with Gasteiger partial charge in [0.1, 0.15) is 0 Å². The summed E-state index contributed by atoms with van der Waals surface area (Å²) in [6.07, 6.45) is 0. The molecule has 0 spiro atoms. The molecule has 11 heteroatoms. The summed E-state index contributed by atoms with van der Waals surface area (Å²) in [5.41, 5.74) is 0.366. The van der Waals surface area contributed by atoms with E-state index < -0.39 is 14.9 Å². The molecule has 29 heavy (non-hydrogen) atoms. The van der Waals surface area contributed by atoms with Crippen molar-refractivity contribution in [2.24, 2.45) is 0 Å². The van der Waals surface area contributed by atoms with E-state index in [0.717, 1.165) is 4.90 Å². The number of rotatable bonds is 7. The van der Waals surface area contributed by atoms with Crippen LogP contribution < -0.4 is 5.32 Å². The lowest BCUT2D eigenvalue weighted by atomic mass is 10.3. The molecule has 0 aromatic heterocycles. The minimum Gasteiger partial charge on any atom is -0.379 e. The van der Waals surface area contributed by atoms with Gasteiger partial charge in [-0.05, 0) is 30.3 Å². The van der Waals surface area contributed by atoms with Gasteiger partial charge in [0.05, 0.1) is 28.8 Å². The number of nitrogens with one attached hydrogen (secondary N) is 1. The maximum atomic E-state index is 12.7. The quantitative estimate of drug-likeness (QED) is 0.401. The summed E-state index contributed by atoms with van der Waals surface area (Å²) >= 11 is 1.23. The number of hydrogen-bond donors (Lipinski definition) is 1. The Morgan fingerprint density at radius 1 is 1.17 bits per heavy atom. The Kier molecular flexibility index (Phi) is 6.85. The number of amides is 1. The van der Waals surface area contributed by atoms with Crippen molar-refractivity contribution in [1.82, 2.24) is 4.31 Å². The van der Waals surface area contributed by atoms with Gasteiger partial charge in [-0.3, -0.25) is 14.9 Å². The van der Waals surface area contributed by atoms with Gasteiger partial charge in [-0.1, -0.05) is 6.07 Å². The number of carbonyl (C=O) groups is 1. The highest BCUT2D eigenvalue weighted by Gasteiger charge is 2.26. The van der Waals surface area contributed by atoms with E-state index in [-0.39, 0.29) is 22.2 Å². The number of benzene rings is 2. The zero-order valence-corrected chi connectivity index (χ0v) is 16.9. The normalized spacial score (nSPS) is 15.0. The predicted molar refractivity (Wildman–Crippen MR) is 108 cm³/mol. The molecule has 0 bridgehead atoms. The van der Waals surface area contributed by atoms with Crippen LogP contribution in [0.25, 0.3) is 0 Å². The lowest BCUT2D eigenvalue weighted by Crippen LogP contribution is -2.40. The molecule has 1 fully saturated rings. The van der Waals surface area contributed by atoms with E-state index >= 15 is 0 Å². The molecule has 1 aliphatic heterocycles. The first-order valence-electron chi connectivity index (χ1n) is 8.71. The average Bonchev–Trinajstić information content (AvgIpc) is 2.73. The fourth-order valence-corrected chi connectivity index (χ4v) is 4.83. The second kappa shape index (κ2) is 9.35. The topological polar surface area (TPSA) is 119 Å². The maximum Gasteiger partial charge on any atom is 0.269 e. The van der Waals surface area contributed by atoms with Gasteiger partial charge in [0.25, 0.3) is 5.69 Å². The summed E-state index contributed by atoms with van der Waals surface area (Å²) in [7, 11) is -3.64. The van der Waals surface area contributed by atoms with Crippen LogP contribution in [0.15, 0.2) is 58.3 Å². The molecule has 0 unspecified atom stereocenters. The van der Waals surface area contributed by atoms with E-state index in [1.165, 1.54) is 40.3 Å². The van der Waals surface area contributed by atoms with Gasteiger partial charge in [0.15, 0.2) is 0 Å². The second-order valence-corrected chi connectivity index (χ2v) is 9.12. The number of ether oxygens (including phenoxy) is 1. The van der Waals surface area contributed by atoms with E-state index in [1.807, 2.05) is 0 Å². The lowest BCUT2D eigenvalue weighted by Gasteiger charge is -2.26. The van der Waals surface area contributed by atoms with E-state index in [4.69, 9.17) is 4.74 Å². The first kappa shape index (κ1) is 21.2. The van der Waals surface area contributed by atoms with Crippen molar-refractivity contribution >= 4 is 39.1 Å². The van der Waals surface area contributed by atoms with Crippen LogP contribution >= 0.6 is 11.8 Å². The molecule has 154 valence electrons. The minimum atomic E-state index is -3.64. The highest BCUT2D eigenvalue weighted by atomic mass is 32.2. The number of nitro benzene ring substituents is 1. The lowest BCUT2D eigenvalue weighted by molar-refractivity contribution is -0.384. The van der Waals surface area contributed by atoms with Gasteiger partial charge in [0.2, 0.25) is 15.9 Å². The molecule has 0 radical (unpaired) electrons. The van der Waals surface area contributed by atoms with E-state index in [1.54, 1.807) is 24.3 Å². The van der Waals surface area contributed by atoms with E-state index in [0.29, 0.717) is 32.0 Å². The summed E-state index contributed by atoms with van der Waals surface area (Å²) < 4.78 is 32.0. The number of sulfonamides is 1. The largest absolute Gasteiger partial charge is 0.379 e. The third kappa shape index (κ3) is 5.54. The number of non-ortho nitro benzene ring substituents is 1. The Labute approximate surface area is 172 Å². The zero-order chi connectivity index (χ0) is 20.9. The fourth-order valence-electron chi connectivity index (χ4n) is 2.68. The molecule has 1 saturated heterocycles. The minimum absolute atomic E-state index is 0.0166. The Hall–Kier alpha value is -2.47. The van der Waals surface area contributed by atoms with Crippen LogP contribution in [0, 0.1) is 10.1 Å². The number of morpholine rings is 1. The fraction of sp³-hybridized carbons (Fsp3) is 0.278. The Morgan fingerprint density at radius 2 is 1.86 bits per heavy atom. The summed E-state index contributed by atoms with van der Waals surface area (Å²) in [5.74, 6) is -0.229. The smallest absolute Gasteiger partial charge is 0.269 e. The van der Waals surface area contributed by atoms with Crippen LogP contribution in [0.1, 0.15) is 0 Å². The highest BCUT2D eigenvalue weighted by Crippen LogP contribution is 2.23. The zero-order valence-electron chi connectivity index (χ0n) is 15.3. The van der Waals surface area contributed by atoms with Gasteiger partial charge < -0.3 is 10.1 Å². The molecule has 2 aromatic rings. The Bertz CT molecular complexity index is 989. The second-order valence-electron chi connectivity index (χ2n) is 6.13. The number of carbonyl (C=O) groups excluding carboxylic acids is 1. The summed E-state index contributed by atoms with van der Waals surface area (Å²) in [6, 6.07) is 12.0. The van der Waals surface area contributed by atoms with Crippen molar-refractivity contribution in [3.8, 4) is 0 Å². The number of hydrogen-bond acceptors (Lipinski definition) is 7. The molecule has 9 nitrogen and oxygen atoms in total. The van der Waals surface area contributed by atoms with Crippen LogP contribution in [-0.4, -0.2) is 55.6 Å². The summed E-state index contributed by atoms with van der Waals surface area (Å²) in [4.78, 5) is 23.2. The molecule has 1 aliphatic rings. The van der Waals surface area contributed by atoms with Gasteiger partial charge in [-0.15, -0.1) is 11.8 Å².